The molecular weight excluding hydrogens is 474 g/mol. The Morgan fingerprint density at radius 2 is 1.67 bits per heavy atom. The minimum atomic E-state index is -4.86. The highest BCUT2D eigenvalue weighted by molar-refractivity contribution is 6.33. The molecule has 5 nitrogen and oxygen atoms in total. The van der Waals surface area contributed by atoms with Crippen LogP contribution in [0.4, 0.5) is 43.8 Å². The van der Waals surface area contributed by atoms with Gasteiger partial charge in [0.2, 0.25) is 5.95 Å². The standard InChI is InChI=1S/C21H17ClF6N4O/c1-11(2)29-19-31-17(12-4-3-5-14(8-12)33-21(26,27)28)10-18(32-19)30-16-7-6-13(9-15(16)22)20(23,24)25/h3-11H,1-2H3,(H2,29,30,31,32). The summed E-state index contributed by atoms with van der Waals surface area (Å²) in [4.78, 5) is 8.57. The van der Waals surface area contributed by atoms with Crippen molar-refractivity contribution in [2.75, 3.05) is 10.6 Å². The molecular formula is C21H17ClF6N4O. The number of anilines is 3. The summed E-state index contributed by atoms with van der Waals surface area (Å²) >= 11 is 6.00. The van der Waals surface area contributed by atoms with Gasteiger partial charge in [-0.25, -0.2) is 4.98 Å². The molecule has 1 aromatic heterocycles. The van der Waals surface area contributed by atoms with Gasteiger partial charge in [-0.2, -0.15) is 18.2 Å². The summed E-state index contributed by atoms with van der Waals surface area (Å²) in [5.41, 5.74) is -0.220. The van der Waals surface area contributed by atoms with Crippen LogP contribution in [0.1, 0.15) is 19.4 Å². The van der Waals surface area contributed by atoms with Crippen LogP contribution in [0.5, 0.6) is 5.75 Å². The van der Waals surface area contributed by atoms with Crippen LogP contribution in [0.25, 0.3) is 11.3 Å². The zero-order chi connectivity index (χ0) is 24.4. The van der Waals surface area contributed by atoms with Gasteiger partial charge in [-0.3, -0.25) is 0 Å². The van der Waals surface area contributed by atoms with Crippen LogP contribution in [0.3, 0.4) is 0 Å². The molecule has 0 aliphatic heterocycles. The molecule has 176 valence electrons. The Morgan fingerprint density at radius 3 is 2.27 bits per heavy atom. The topological polar surface area (TPSA) is 59.1 Å². The molecule has 2 aromatic carbocycles. The van der Waals surface area contributed by atoms with Crippen LogP contribution in [0, 0.1) is 0 Å². The summed E-state index contributed by atoms with van der Waals surface area (Å²) in [6.45, 7) is 3.65. The van der Waals surface area contributed by atoms with Gasteiger partial charge in [0.1, 0.15) is 11.6 Å². The van der Waals surface area contributed by atoms with Gasteiger partial charge in [-0.05, 0) is 44.2 Å². The summed E-state index contributed by atoms with van der Waals surface area (Å²) in [6, 6.07) is 9.33. The number of halogens is 7. The monoisotopic (exact) mass is 490 g/mol. The minimum absolute atomic E-state index is 0.0809. The van der Waals surface area contributed by atoms with Gasteiger partial charge in [0.25, 0.3) is 0 Å². The number of nitrogens with zero attached hydrogens (tertiary/aromatic N) is 2. The predicted octanol–water partition coefficient (Wildman–Crippen LogP) is 7.28. The lowest BCUT2D eigenvalue weighted by atomic mass is 10.1. The smallest absolute Gasteiger partial charge is 0.406 e. The van der Waals surface area contributed by atoms with Crippen LogP contribution in [-0.4, -0.2) is 22.4 Å². The van der Waals surface area contributed by atoms with Gasteiger partial charge >= 0.3 is 12.5 Å². The third-order valence-electron chi connectivity index (χ3n) is 4.07. The fraction of sp³-hybridized carbons (Fsp3) is 0.238. The number of hydrogen-bond acceptors (Lipinski definition) is 5. The number of rotatable bonds is 6. The van der Waals surface area contributed by atoms with E-state index in [1.165, 1.54) is 18.2 Å². The van der Waals surface area contributed by atoms with E-state index in [0.717, 1.165) is 30.3 Å². The third kappa shape index (κ3) is 6.88. The van der Waals surface area contributed by atoms with Gasteiger partial charge in [-0.15, -0.1) is 13.2 Å². The largest absolute Gasteiger partial charge is 0.573 e. The average Bonchev–Trinajstić information content (AvgIpc) is 2.67. The number of ether oxygens (including phenoxy) is 1. The van der Waals surface area contributed by atoms with Crippen LogP contribution < -0.4 is 15.4 Å². The highest BCUT2D eigenvalue weighted by Crippen LogP contribution is 2.35. The molecule has 0 fully saturated rings. The maximum absolute atomic E-state index is 12.9. The molecule has 0 bridgehead atoms. The Morgan fingerprint density at radius 1 is 0.939 bits per heavy atom. The first-order valence-electron chi connectivity index (χ1n) is 9.46. The second-order valence-corrected chi connectivity index (χ2v) is 7.56. The van der Waals surface area contributed by atoms with Gasteiger partial charge in [0.05, 0.1) is 22.0 Å². The van der Waals surface area contributed by atoms with Crippen molar-refractivity contribution >= 4 is 29.1 Å². The van der Waals surface area contributed by atoms with E-state index >= 15 is 0 Å². The van der Waals surface area contributed by atoms with Gasteiger partial charge in [0, 0.05) is 17.7 Å². The molecule has 0 radical (unpaired) electrons. The van der Waals surface area contributed by atoms with E-state index in [2.05, 4.69) is 25.3 Å². The number of hydrogen-bond donors (Lipinski definition) is 2. The van der Waals surface area contributed by atoms with Crippen LogP contribution in [-0.2, 0) is 6.18 Å². The molecule has 12 heteroatoms. The van der Waals surface area contributed by atoms with E-state index in [1.54, 1.807) is 0 Å². The Bertz CT molecular complexity index is 1130. The molecule has 0 spiro atoms. The second-order valence-electron chi connectivity index (χ2n) is 7.15. The Labute approximate surface area is 189 Å². The maximum atomic E-state index is 12.9. The number of aromatic nitrogens is 2. The van der Waals surface area contributed by atoms with Gasteiger partial charge in [-0.1, -0.05) is 23.7 Å². The van der Waals surface area contributed by atoms with E-state index in [-0.39, 0.29) is 34.2 Å². The zero-order valence-corrected chi connectivity index (χ0v) is 17.9. The van der Waals surface area contributed by atoms with Gasteiger partial charge in [0.15, 0.2) is 0 Å². The van der Waals surface area contributed by atoms with E-state index in [0.29, 0.717) is 5.56 Å². The lowest BCUT2D eigenvalue weighted by Crippen LogP contribution is -2.17. The van der Waals surface area contributed by atoms with Crippen molar-refractivity contribution < 1.29 is 31.1 Å². The molecule has 0 aliphatic rings. The fourth-order valence-electron chi connectivity index (χ4n) is 2.77. The average molecular weight is 491 g/mol. The molecule has 0 aliphatic carbocycles. The molecule has 0 unspecified atom stereocenters. The highest BCUT2D eigenvalue weighted by atomic mass is 35.5. The van der Waals surface area contributed by atoms with Crippen LogP contribution in [0.2, 0.25) is 5.02 Å². The van der Waals surface area contributed by atoms with E-state index in [4.69, 9.17) is 11.6 Å². The molecule has 0 saturated carbocycles. The molecule has 2 N–H and O–H groups in total. The van der Waals surface area contributed by atoms with Crippen LogP contribution in [0.15, 0.2) is 48.5 Å². The summed E-state index contributed by atoms with van der Waals surface area (Å²) in [5.74, 6) is -0.126. The SMILES string of the molecule is CC(C)Nc1nc(Nc2ccc(C(F)(F)F)cc2Cl)cc(-c2cccc(OC(F)(F)F)c2)n1. The predicted molar refractivity (Wildman–Crippen MR) is 113 cm³/mol. The lowest BCUT2D eigenvalue weighted by molar-refractivity contribution is -0.274. The van der Waals surface area contributed by atoms with Crippen molar-refractivity contribution in [2.24, 2.45) is 0 Å². The van der Waals surface area contributed by atoms with Crippen molar-refractivity contribution in [3.05, 3.63) is 59.1 Å². The molecule has 0 amide bonds. The highest BCUT2D eigenvalue weighted by Gasteiger charge is 2.32. The summed E-state index contributed by atoms with van der Waals surface area (Å²) in [6.07, 6.45) is -9.41. The molecule has 0 saturated heterocycles. The van der Waals surface area contributed by atoms with E-state index < -0.39 is 23.9 Å². The number of nitrogens with one attached hydrogen (secondary N) is 2. The second kappa shape index (κ2) is 9.34. The minimum Gasteiger partial charge on any atom is -0.406 e. The first kappa shape index (κ1) is 24.4. The zero-order valence-electron chi connectivity index (χ0n) is 17.1. The van der Waals surface area contributed by atoms with Crippen molar-refractivity contribution in [3.63, 3.8) is 0 Å². The Kier molecular flexibility index (Phi) is 6.92. The van der Waals surface area contributed by atoms with Crippen LogP contribution >= 0.6 is 11.6 Å². The number of benzene rings is 2. The normalized spacial score (nSPS) is 12.1. The number of alkyl halides is 6. The molecule has 3 rings (SSSR count). The summed E-state index contributed by atoms with van der Waals surface area (Å²) in [5, 5.41) is 5.62. The van der Waals surface area contributed by atoms with Gasteiger partial charge < -0.3 is 15.4 Å². The first-order valence-corrected chi connectivity index (χ1v) is 9.83. The quantitative estimate of drug-likeness (QED) is 0.356. The van der Waals surface area contributed by atoms with Crippen molar-refractivity contribution in [3.8, 4) is 17.0 Å². The van der Waals surface area contributed by atoms with Crippen molar-refractivity contribution in [1.29, 1.82) is 0 Å². The Balaban J connectivity index is 1.99. The first-order chi connectivity index (χ1) is 15.3. The van der Waals surface area contributed by atoms with E-state index in [1.807, 2.05) is 13.8 Å². The molecule has 3 aromatic rings. The maximum Gasteiger partial charge on any atom is 0.573 e. The molecule has 0 atom stereocenters. The molecule has 1 heterocycles. The fourth-order valence-corrected chi connectivity index (χ4v) is 2.99. The molecule has 33 heavy (non-hydrogen) atoms. The summed E-state index contributed by atoms with van der Waals surface area (Å²) < 4.78 is 80.4. The van der Waals surface area contributed by atoms with E-state index in [9.17, 15) is 26.3 Å². The van der Waals surface area contributed by atoms with Crippen molar-refractivity contribution in [2.45, 2.75) is 32.4 Å². The van der Waals surface area contributed by atoms with Crippen molar-refractivity contribution in [1.82, 2.24) is 9.97 Å². The Hall–Kier alpha value is -3.21. The lowest BCUT2D eigenvalue weighted by Gasteiger charge is -2.15. The summed E-state index contributed by atoms with van der Waals surface area (Å²) in [7, 11) is 0. The third-order valence-corrected chi connectivity index (χ3v) is 4.38.